The molecule has 1 aromatic rings. The molecular weight excluding hydrogens is 212 g/mol. The number of hydrogen-bond acceptors (Lipinski definition) is 3. The van der Waals surface area contributed by atoms with Crippen LogP contribution in [0, 0.1) is 0 Å². The van der Waals surface area contributed by atoms with Gasteiger partial charge in [0.1, 0.15) is 11.5 Å². The van der Waals surface area contributed by atoms with Gasteiger partial charge >= 0.3 is 0 Å². The van der Waals surface area contributed by atoms with Crippen molar-refractivity contribution < 1.29 is 4.42 Å². The van der Waals surface area contributed by atoms with E-state index in [1.54, 1.807) is 0 Å². The van der Waals surface area contributed by atoms with Crippen LogP contribution >= 0.6 is 0 Å². The van der Waals surface area contributed by atoms with E-state index in [9.17, 15) is 0 Å². The summed E-state index contributed by atoms with van der Waals surface area (Å²) in [6, 6.07) is 4.16. The predicted molar refractivity (Wildman–Crippen MR) is 71.9 cm³/mol. The molecule has 0 bridgehead atoms. The van der Waals surface area contributed by atoms with Crippen molar-refractivity contribution in [3.05, 3.63) is 23.7 Å². The van der Waals surface area contributed by atoms with E-state index in [1.807, 2.05) is 0 Å². The van der Waals surface area contributed by atoms with Gasteiger partial charge in [-0.1, -0.05) is 20.3 Å². The van der Waals surface area contributed by atoms with Crippen molar-refractivity contribution >= 4 is 0 Å². The van der Waals surface area contributed by atoms with Gasteiger partial charge in [0.05, 0.1) is 13.1 Å². The molecule has 0 fully saturated rings. The van der Waals surface area contributed by atoms with Crippen molar-refractivity contribution in [1.29, 1.82) is 0 Å². The summed E-state index contributed by atoms with van der Waals surface area (Å²) in [5, 5.41) is 3.34. The summed E-state index contributed by atoms with van der Waals surface area (Å²) in [6.07, 6.45) is 3.66. The number of rotatable bonds is 9. The first-order chi connectivity index (χ1) is 8.26. The molecule has 0 spiro atoms. The lowest BCUT2D eigenvalue weighted by atomic mass is 10.3. The summed E-state index contributed by atoms with van der Waals surface area (Å²) >= 11 is 0. The average molecular weight is 238 g/mol. The van der Waals surface area contributed by atoms with Crippen molar-refractivity contribution in [2.24, 2.45) is 0 Å². The summed E-state index contributed by atoms with van der Waals surface area (Å²) < 4.78 is 5.78. The second-order valence-electron chi connectivity index (χ2n) is 4.64. The van der Waals surface area contributed by atoms with E-state index in [0.29, 0.717) is 0 Å². The zero-order chi connectivity index (χ0) is 12.5. The number of nitrogens with zero attached hydrogens (tertiary/aromatic N) is 1. The molecule has 1 rings (SSSR count). The molecule has 98 valence electrons. The first-order valence-electron chi connectivity index (χ1n) is 6.73. The summed E-state index contributed by atoms with van der Waals surface area (Å²) in [6.45, 7) is 8.33. The van der Waals surface area contributed by atoms with Gasteiger partial charge in [-0.2, -0.15) is 0 Å². The molecule has 0 saturated carbocycles. The molecule has 3 heteroatoms. The number of hydrogen-bond donors (Lipinski definition) is 1. The van der Waals surface area contributed by atoms with Gasteiger partial charge < -0.3 is 9.73 Å². The Labute approximate surface area is 105 Å². The Kier molecular flexibility index (Phi) is 6.97. The van der Waals surface area contributed by atoms with Gasteiger partial charge in [0.25, 0.3) is 0 Å². The monoisotopic (exact) mass is 238 g/mol. The fraction of sp³-hybridized carbons (Fsp3) is 0.714. The van der Waals surface area contributed by atoms with E-state index in [-0.39, 0.29) is 0 Å². The maximum atomic E-state index is 5.78. The Balaban J connectivity index is 2.29. The topological polar surface area (TPSA) is 28.4 Å². The Morgan fingerprint density at radius 1 is 1.18 bits per heavy atom. The summed E-state index contributed by atoms with van der Waals surface area (Å²) in [7, 11) is 2.15. The number of nitrogens with one attached hydrogen (secondary N) is 1. The summed E-state index contributed by atoms with van der Waals surface area (Å²) in [5.74, 6) is 2.11. The Hall–Kier alpha value is -0.800. The third kappa shape index (κ3) is 5.89. The lowest BCUT2D eigenvalue weighted by molar-refractivity contribution is 0.285. The fourth-order valence-corrected chi connectivity index (χ4v) is 1.76. The normalized spacial score (nSPS) is 11.3. The van der Waals surface area contributed by atoms with E-state index in [4.69, 9.17) is 4.42 Å². The van der Waals surface area contributed by atoms with Gasteiger partial charge in [-0.25, -0.2) is 0 Å². The minimum Gasteiger partial charge on any atom is -0.463 e. The summed E-state index contributed by atoms with van der Waals surface area (Å²) in [5.41, 5.74) is 0. The summed E-state index contributed by atoms with van der Waals surface area (Å²) in [4.78, 5) is 2.31. The lowest BCUT2D eigenvalue weighted by Crippen LogP contribution is -2.18. The van der Waals surface area contributed by atoms with Crippen molar-refractivity contribution in [3.8, 4) is 0 Å². The smallest absolute Gasteiger partial charge is 0.118 e. The Morgan fingerprint density at radius 3 is 2.65 bits per heavy atom. The number of unbranched alkanes of at least 4 members (excludes halogenated alkanes) is 1. The molecule has 0 amide bonds. The highest BCUT2D eigenvalue weighted by Gasteiger charge is 2.04. The van der Waals surface area contributed by atoms with E-state index < -0.39 is 0 Å². The van der Waals surface area contributed by atoms with Crippen LogP contribution in [0.2, 0.25) is 0 Å². The van der Waals surface area contributed by atoms with Crippen LogP contribution in [0.1, 0.15) is 44.6 Å². The molecule has 0 radical (unpaired) electrons. The third-order valence-electron chi connectivity index (χ3n) is 2.76. The molecule has 0 saturated heterocycles. The van der Waals surface area contributed by atoms with Crippen LogP contribution in [-0.4, -0.2) is 25.0 Å². The molecule has 0 aromatic carbocycles. The molecule has 0 aliphatic rings. The van der Waals surface area contributed by atoms with Gasteiger partial charge in [0.15, 0.2) is 0 Å². The SMILES string of the molecule is CCCCN(C)Cc1ccc(CNCCC)o1. The molecule has 1 aromatic heterocycles. The Bertz CT molecular complexity index is 296. The predicted octanol–water partition coefficient (Wildman–Crippen LogP) is 3.01. The molecule has 1 heterocycles. The molecule has 0 atom stereocenters. The highest BCUT2D eigenvalue weighted by atomic mass is 16.3. The van der Waals surface area contributed by atoms with Gasteiger partial charge in [0, 0.05) is 0 Å². The lowest BCUT2D eigenvalue weighted by Gasteiger charge is -2.13. The van der Waals surface area contributed by atoms with Crippen LogP contribution in [0.3, 0.4) is 0 Å². The average Bonchev–Trinajstić information content (AvgIpc) is 2.74. The molecule has 0 aliphatic heterocycles. The fourth-order valence-electron chi connectivity index (χ4n) is 1.76. The highest BCUT2D eigenvalue weighted by molar-refractivity contribution is 5.06. The first-order valence-corrected chi connectivity index (χ1v) is 6.73. The van der Waals surface area contributed by atoms with Crippen LogP contribution in [0.15, 0.2) is 16.5 Å². The van der Waals surface area contributed by atoms with Gasteiger partial charge in [-0.05, 0) is 45.1 Å². The van der Waals surface area contributed by atoms with Crippen LogP contribution in [0.25, 0.3) is 0 Å². The quantitative estimate of drug-likeness (QED) is 0.670. The second-order valence-corrected chi connectivity index (χ2v) is 4.64. The van der Waals surface area contributed by atoms with E-state index in [0.717, 1.165) is 44.1 Å². The van der Waals surface area contributed by atoms with Crippen LogP contribution in [-0.2, 0) is 13.1 Å². The second kappa shape index (κ2) is 8.31. The van der Waals surface area contributed by atoms with Gasteiger partial charge in [-0.15, -0.1) is 0 Å². The van der Waals surface area contributed by atoms with Crippen LogP contribution < -0.4 is 5.32 Å². The first kappa shape index (κ1) is 14.3. The minimum atomic E-state index is 0.840. The standard InChI is InChI=1S/C14H26N2O/c1-4-6-10-16(3)12-14-8-7-13(17-14)11-15-9-5-2/h7-8,15H,4-6,9-12H2,1-3H3. The van der Waals surface area contributed by atoms with Crippen molar-refractivity contribution in [3.63, 3.8) is 0 Å². The zero-order valence-electron chi connectivity index (χ0n) is 11.5. The van der Waals surface area contributed by atoms with Crippen LogP contribution in [0.4, 0.5) is 0 Å². The van der Waals surface area contributed by atoms with E-state index in [2.05, 4.69) is 43.2 Å². The minimum absolute atomic E-state index is 0.840. The van der Waals surface area contributed by atoms with Gasteiger partial charge in [0.2, 0.25) is 0 Å². The molecule has 0 unspecified atom stereocenters. The number of furan rings is 1. The molecule has 3 nitrogen and oxygen atoms in total. The molecule has 0 aliphatic carbocycles. The van der Waals surface area contributed by atoms with E-state index >= 15 is 0 Å². The van der Waals surface area contributed by atoms with E-state index in [1.165, 1.54) is 12.8 Å². The molecular formula is C14H26N2O. The molecule has 17 heavy (non-hydrogen) atoms. The van der Waals surface area contributed by atoms with Crippen molar-refractivity contribution in [1.82, 2.24) is 10.2 Å². The maximum absolute atomic E-state index is 5.78. The Morgan fingerprint density at radius 2 is 1.94 bits per heavy atom. The third-order valence-corrected chi connectivity index (χ3v) is 2.76. The largest absolute Gasteiger partial charge is 0.463 e. The highest BCUT2D eigenvalue weighted by Crippen LogP contribution is 2.10. The van der Waals surface area contributed by atoms with Gasteiger partial charge in [-0.3, -0.25) is 4.90 Å². The van der Waals surface area contributed by atoms with Crippen molar-refractivity contribution in [2.75, 3.05) is 20.1 Å². The maximum Gasteiger partial charge on any atom is 0.118 e. The molecule has 1 N–H and O–H groups in total. The zero-order valence-corrected chi connectivity index (χ0v) is 11.5. The van der Waals surface area contributed by atoms with Crippen LogP contribution in [0.5, 0.6) is 0 Å². The van der Waals surface area contributed by atoms with Crippen molar-refractivity contribution in [2.45, 2.75) is 46.2 Å².